The highest BCUT2D eigenvalue weighted by Crippen LogP contribution is 2.27. The zero-order valence-corrected chi connectivity index (χ0v) is 13.0. The first-order valence-electron chi connectivity index (χ1n) is 7.17. The van der Waals surface area contributed by atoms with Gasteiger partial charge in [0.15, 0.2) is 5.69 Å². The SMILES string of the molecule is Cc1c(C#N)c(O)n(CCCO)c(=O)c1N=Nc1cccc(O)c1. The van der Waals surface area contributed by atoms with Gasteiger partial charge in [-0.1, -0.05) is 6.07 Å². The number of phenols is 1. The molecule has 0 aliphatic heterocycles. The van der Waals surface area contributed by atoms with E-state index in [2.05, 4.69) is 10.2 Å². The lowest BCUT2D eigenvalue weighted by atomic mass is 10.1. The molecule has 0 atom stereocenters. The Morgan fingerprint density at radius 2 is 2.04 bits per heavy atom. The summed E-state index contributed by atoms with van der Waals surface area (Å²) in [5.74, 6) is -0.447. The molecule has 2 aromatic rings. The Morgan fingerprint density at radius 1 is 1.29 bits per heavy atom. The topological polar surface area (TPSA) is 131 Å². The molecule has 0 fully saturated rings. The van der Waals surface area contributed by atoms with Gasteiger partial charge in [-0.2, -0.15) is 10.4 Å². The van der Waals surface area contributed by atoms with Crippen LogP contribution in [0.3, 0.4) is 0 Å². The van der Waals surface area contributed by atoms with Crippen molar-refractivity contribution >= 4 is 11.4 Å². The highest BCUT2D eigenvalue weighted by atomic mass is 16.3. The van der Waals surface area contributed by atoms with Gasteiger partial charge in [-0.15, -0.1) is 5.11 Å². The van der Waals surface area contributed by atoms with Crippen molar-refractivity contribution in [3.05, 3.63) is 45.7 Å². The standard InChI is InChI=1S/C16H16N4O4/c1-10-13(9-17)15(23)20(6-3-7-21)16(24)14(10)19-18-11-4-2-5-12(22)8-11/h2,4-5,8,21-23H,3,6-7H2,1H3. The molecule has 0 unspecified atom stereocenters. The summed E-state index contributed by atoms with van der Waals surface area (Å²) in [6, 6.07) is 7.85. The molecule has 1 aromatic heterocycles. The first-order chi connectivity index (χ1) is 11.5. The van der Waals surface area contributed by atoms with E-state index in [1.54, 1.807) is 12.1 Å². The molecule has 1 heterocycles. The number of aromatic hydroxyl groups is 2. The average Bonchev–Trinajstić information content (AvgIpc) is 2.55. The van der Waals surface area contributed by atoms with Gasteiger partial charge in [-0.05, 0) is 25.5 Å². The van der Waals surface area contributed by atoms with E-state index < -0.39 is 11.4 Å². The van der Waals surface area contributed by atoms with Gasteiger partial charge < -0.3 is 15.3 Å². The van der Waals surface area contributed by atoms with Crippen molar-refractivity contribution in [2.24, 2.45) is 10.2 Å². The molecule has 0 saturated heterocycles. The summed E-state index contributed by atoms with van der Waals surface area (Å²) in [5.41, 5.74) is -0.212. The number of azo groups is 1. The van der Waals surface area contributed by atoms with E-state index >= 15 is 0 Å². The van der Waals surface area contributed by atoms with Crippen LogP contribution in [0, 0.1) is 18.3 Å². The maximum absolute atomic E-state index is 12.5. The van der Waals surface area contributed by atoms with Crippen molar-refractivity contribution in [3.63, 3.8) is 0 Å². The number of pyridine rings is 1. The molecule has 0 aliphatic rings. The second-order valence-corrected chi connectivity index (χ2v) is 5.04. The number of nitriles is 1. The number of phenolic OH excluding ortho intramolecular Hbond substituents is 1. The maximum atomic E-state index is 12.5. The lowest BCUT2D eigenvalue weighted by Crippen LogP contribution is -2.22. The van der Waals surface area contributed by atoms with Crippen molar-refractivity contribution in [2.75, 3.05) is 6.61 Å². The van der Waals surface area contributed by atoms with E-state index in [0.29, 0.717) is 5.69 Å². The van der Waals surface area contributed by atoms with Crippen LogP contribution < -0.4 is 5.56 Å². The molecule has 0 aliphatic carbocycles. The number of benzene rings is 1. The van der Waals surface area contributed by atoms with E-state index in [1.165, 1.54) is 19.1 Å². The van der Waals surface area contributed by atoms with Gasteiger partial charge in [-0.3, -0.25) is 9.36 Å². The molecule has 3 N–H and O–H groups in total. The Hall–Kier alpha value is -3.18. The van der Waals surface area contributed by atoms with Crippen LogP contribution in [0.25, 0.3) is 0 Å². The smallest absolute Gasteiger partial charge is 0.281 e. The fourth-order valence-electron chi connectivity index (χ4n) is 2.16. The predicted octanol–water partition coefficient (Wildman–Crippen LogP) is 2.24. The molecule has 0 saturated carbocycles. The predicted molar refractivity (Wildman–Crippen MR) is 85.8 cm³/mol. The Balaban J connectivity index is 2.57. The Labute approximate surface area is 137 Å². The third kappa shape index (κ3) is 3.42. The molecule has 2 rings (SSSR count). The average molecular weight is 328 g/mol. The van der Waals surface area contributed by atoms with Crippen molar-refractivity contribution in [3.8, 4) is 17.7 Å². The van der Waals surface area contributed by atoms with Gasteiger partial charge >= 0.3 is 0 Å². The zero-order chi connectivity index (χ0) is 17.7. The number of hydrogen-bond donors (Lipinski definition) is 3. The number of nitrogens with zero attached hydrogens (tertiary/aromatic N) is 4. The van der Waals surface area contributed by atoms with Gasteiger partial charge in [0.05, 0.1) is 5.69 Å². The van der Waals surface area contributed by atoms with Gasteiger partial charge in [0.25, 0.3) is 5.56 Å². The number of aliphatic hydroxyl groups is 1. The molecule has 0 radical (unpaired) electrons. The van der Waals surface area contributed by atoms with Gasteiger partial charge in [0.1, 0.15) is 17.4 Å². The lowest BCUT2D eigenvalue weighted by Gasteiger charge is -2.12. The van der Waals surface area contributed by atoms with E-state index in [9.17, 15) is 20.3 Å². The molecule has 124 valence electrons. The second kappa shape index (κ2) is 7.39. The summed E-state index contributed by atoms with van der Waals surface area (Å²) in [5, 5.41) is 45.4. The molecule has 8 heteroatoms. The minimum absolute atomic E-state index is 0.00643. The Bertz CT molecular complexity index is 881. The van der Waals surface area contributed by atoms with Crippen LogP contribution in [0.1, 0.15) is 17.5 Å². The van der Waals surface area contributed by atoms with Crippen molar-refractivity contribution in [1.29, 1.82) is 5.26 Å². The van der Waals surface area contributed by atoms with Crippen LogP contribution in [0.15, 0.2) is 39.3 Å². The molecule has 1 aromatic carbocycles. The molecule has 8 nitrogen and oxygen atoms in total. The fraction of sp³-hybridized carbons (Fsp3) is 0.250. The van der Waals surface area contributed by atoms with Gasteiger partial charge in [0.2, 0.25) is 5.88 Å². The number of aliphatic hydroxyl groups excluding tert-OH is 1. The lowest BCUT2D eigenvalue weighted by molar-refractivity contribution is 0.274. The quantitative estimate of drug-likeness (QED) is 0.724. The van der Waals surface area contributed by atoms with Crippen molar-refractivity contribution in [1.82, 2.24) is 4.57 Å². The Kier molecular flexibility index (Phi) is 5.29. The molecule has 24 heavy (non-hydrogen) atoms. The first-order valence-corrected chi connectivity index (χ1v) is 7.17. The summed E-state index contributed by atoms with van der Waals surface area (Å²) in [6.07, 6.45) is 0.241. The minimum atomic E-state index is -0.610. The Morgan fingerprint density at radius 3 is 2.67 bits per heavy atom. The van der Waals surface area contributed by atoms with Crippen molar-refractivity contribution < 1.29 is 15.3 Å². The van der Waals surface area contributed by atoms with Crippen LogP contribution in [-0.4, -0.2) is 26.5 Å². The summed E-state index contributed by atoms with van der Waals surface area (Å²) < 4.78 is 0.985. The fourth-order valence-corrected chi connectivity index (χ4v) is 2.16. The number of hydrogen-bond acceptors (Lipinski definition) is 7. The number of aromatic nitrogens is 1. The molecule has 0 amide bonds. The highest BCUT2D eigenvalue weighted by molar-refractivity contribution is 5.56. The van der Waals surface area contributed by atoms with Crippen molar-refractivity contribution in [2.45, 2.75) is 19.9 Å². The second-order valence-electron chi connectivity index (χ2n) is 5.04. The molecular formula is C16H16N4O4. The summed E-state index contributed by atoms with van der Waals surface area (Å²) in [6.45, 7) is 1.37. The van der Waals surface area contributed by atoms with Crippen LogP contribution >= 0.6 is 0 Å². The van der Waals surface area contributed by atoms with E-state index in [-0.39, 0.29) is 42.1 Å². The minimum Gasteiger partial charge on any atom is -0.508 e. The number of rotatable bonds is 5. The third-order valence-electron chi connectivity index (χ3n) is 3.40. The molecular weight excluding hydrogens is 312 g/mol. The summed E-state index contributed by atoms with van der Waals surface area (Å²) >= 11 is 0. The van der Waals surface area contributed by atoms with Crippen LogP contribution in [0.5, 0.6) is 11.6 Å². The van der Waals surface area contributed by atoms with Crippen LogP contribution in [-0.2, 0) is 6.54 Å². The monoisotopic (exact) mass is 328 g/mol. The van der Waals surface area contributed by atoms with E-state index in [1.807, 2.05) is 6.07 Å². The first kappa shape index (κ1) is 17.2. The van der Waals surface area contributed by atoms with Gasteiger partial charge in [0, 0.05) is 24.8 Å². The third-order valence-corrected chi connectivity index (χ3v) is 3.40. The summed E-state index contributed by atoms with van der Waals surface area (Å²) in [7, 11) is 0. The van der Waals surface area contributed by atoms with Gasteiger partial charge in [-0.25, -0.2) is 0 Å². The van der Waals surface area contributed by atoms with E-state index in [0.717, 1.165) is 4.57 Å². The largest absolute Gasteiger partial charge is 0.508 e. The van der Waals surface area contributed by atoms with E-state index in [4.69, 9.17) is 5.11 Å². The molecule has 0 spiro atoms. The molecule has 0 bridgehead atoms. The summed E-state index contributed by atoms with van der Waals surface area (Å²) in [4.78, 5) is 12.5. The van der Waals surface area contributed by atoms with Crippen LogP contribution in [0.4, 0.5) is 11.4 Å². The van der Waals surface area contributed by atoms with Crippen LogP contribution in [0.2, 0.25) is 0 Å². The normalized spacial score (nSPS) is 10.9. The zero-order valence-electron chi connectivity index (χ0n) is 13.0. The highest BCUT2D eigenvalue weighted by Gasteiger charge is 2.18. The maximum Gasteiger partial charge on any atom is 0.281 e.